The molecular formula is C16H21ClN4O4. The van der Waals surface area contributed by atoms with Gasteiger partial charge in [-0.15, -0.1) is 12.4 Å². The molecule has 0 aliphatic carbocycles. The molecule has 5 N–H and O–H groups in total. The van der Waals surface area contributed by atoms with Crippen molar-refractivity contribution in [2.24, 2.45) is 4.99 Å². The third kappa shape index (κ3) is 4.17. The van der Waals surface area contributed by atoms with Crippen LogP contribution in [0.1, 0.15) is 11.8 Å². The molecule has 1 aliphatic rings. The van der Waals surface area contributed by atoms with Crippen LogP contribution in [0.4, 0.5) is 5.82 Å². The molecule has 0 bridgehead atoms. The first-order valence-corrected chi connectivity index (χ1v) is 7.61. The van der Waals surface area contributed by atoms with Gasteiger partial charge in [0, 0.05) is 6.20 Å². The van der Waals surface area contributed by atoms with Crippen LogP contribution in [-0.2, 0) is 11.3 Å². The van der Waals surface area contributed by atoms with Crippen molar-refractivity contribution in [1.29, 1.82) is 0 Å². The minimum Gasteiger partial charge on any atom is -0.394 e. The van der Waals surface area contributed by atoms with Crippen LogP contribution in [0.5, 0.6) is 0 Å². The molecule has 9 heteroatoms. The van der Waals surface area contributed by atoms with Crippen LogP contribution in [0, 0.1) is 0 Å². The minimum atomic E-state index is -1.21. The zero-order valence-corrected chi connectivity index (χ0v) is 14.2. The highest BCUT2D eigenvalue weighted by atomic mass is 35.5. The van der Waals surface area contributed by atoms with E-state index < -0.39 is 31.1 Å². The van der Waals surface area contributed by atoms with Gasteiger partial charge in [0.2, 0.25) is 5.62 Å². The van der Waals surface area contributed by atoms with E-state index in [0.29, 0.717) is 6.54 Å². The molecule has 2 aromatic rings. The molecular weight excluding hydrogens is 348 g/mol. The van der Waals surface area contributed by atoms with Crippen LogP contribution in [0.25, 0.3) is 0 Å². The number of ether oxygens (including phenoxy) is 1. The fourth-order valence-corrected chi connectivity index (χ4v) is 2.60. The zero-order chi connectivity index (χ0) is 17.1. The van der Waals surface area contributed by atoms with Gasteiger partial charge in [0.25, 0.3) is 0 Å². The van der Waals surface area contributed by atoms with Gasteiger partial charge in [0.15, 0.2) is 6.23 Å². The Balaban J connectivity index is 0.00000225. The lowest BCUT2D eigenvalue weighted by molar-refractivity contribution is -0.0553. The Morgan fingerprint density at radius 2 is 1.88 bits per heavy atom. The van der Waals surface area contributed by atoms with Crippen LogP contribution in [-0.4, -0.2) is 49.8 Å². The highest BCUT2D eigenvalue weighted by Crippen LogP contribution is 2.28. The number of benzene rings is 1. The van der Waals surface area contributed by atoms with Crippen molar-refractivity contribution < 1.29 is 20.1 Å². The van der Waals surface area contributed by atoms with Crippen LogP contribution >= 0.6 is 12.4 Å². The van der Waals surface area contributed by atoms with Crippen LogP contribution in [0.15, 0.2) is 47.6 Å². The number of aliphatic hydroxyl groups is 3. The lowest BCUT2D eigenvalue weighted by Gasteiger charge is -2.18. The van der Waals surface area contributed by atoms with Crippen LogP contribution in [0.3, 0.4) is 0 Å². The van der Waals surface area contributed by atoms with Crippen LogP contribution in [0.2, 0.25) is 0 Å². The van der Waals surface area contributed by atoms with E-state index in [-0.39, 0.29) is 23.8 Å². The number of anilines is 1. The summed E-state index contributed by atoms with van der Waals surface area (Å²) in [6.07, 6.45) is -2.57. The molecule has 1 aromatic heterocycles. The maximum absolute atomic E-state index is 10.2. The lowest BCUT2D eigenvalue weighted by Crippen LogP contribution is -2.36. The summed E-state index contributed by atoms with van der Waals surface area (Å²) >= 11 is 0. The Bertz CT molecular complexity index is 755. The van der Waals surface area contributed by atoms with E-state index in [2.05, 4.69) is 9.98 Å². The average Bonchev–Trinajstić information content (AvgIpc) is 2.89. The van der Waals surface area contributed by atoms with Gasteiger partial charge in [-0.2, -0.15) is 4.98 Å². The molecule has 0 amide bonds. The molecule has 2 heterocycles. The van der Waals surface area contributed by atoms with E-state index in [9.17, 15) is 15.3 Å². The topological polar surface area (TPSA) is 126 Å². The van der Waals surface area contributed by atoms with Crippen molar-refractivity contribution in [3.63, 3.8) is 0 Å². The van der Waals surface area contributed by atoms with Gasteiger partial charge in [-0.1, -0.05) is 30.3 Å². The van der Waals surface area contributed by atoms with Crippen LogP contribution < -0.4 is 11.4 Å². The van der Waals surface area contributed by atoms with Crippen molar-refractivity contribution in [3.8, 4) is 0 Å². The van der Waals surface area contributed by atoms with Crippen molar-refractivity contribution in [2.45, 2.75) is 31.1 Å². The maximum Gasteiger partial charge on any atom is 0.229 e. The van der Waals surface area contributed by atoms with Crippen molar-refractivity contribution in [1.82, 2.24) is 9.55 Å². The molecule has 0 unspecified atom stereocenters. The summed E-state index contributed by atoms with van der Waals surface area (Å²) in [5, 5.41) is 29.3. The number of nitrogens with zero attached hydrogens (tertiary/aromatic N) is 3. The zero-order valence-electron chi connectivity index (χ0n) is 13.3. The first-order valence-electron chi connectivity index (χ1n) is 7.61. The van der Waals surface area contributed by atoms with E-state index in [4.69, 9.17) is 10.5 Å². The smallest absolute Gasteiger partial charge is 0.229 e. The molecule has 1 aliphatic heterocycles. The minimum absolute atomic E-state index is 0. The number of aromatic nitrogens is 2. The molecule has 25 heavy (non-hydrogen) atoms. The summed E-state index contributed by atoms with van der Waals surface area (Å²) < 4.78 is 7.03. The fraction of sp³-hybridized carbons (Fsp3) is 0.375. The van der Waals surface area contributed by atoms with E-state index in [1.165, 1.54) is 4.57 Å². The monoisotopic (exact) mass is 368 g/mol. The Morgan fingerprint density at radius 1 is 1.16 bits per heavy atom. The molecule has 0 spiro atoms. The molecule has 1 saturated heterocycles. The number of halogens is 1. The predicted molar refractivity (Wildman–Crippen MR) is 92.6 cm³/mol. The standard InChI is InChI=1S/C16H20N4O4.ClH/c17-12-6-7-20(15-14(23)13(22)11(9-21)24-15)16(19-12)18-8-10-4-2-1-3-5-10;/h1-7,11,13-15,21-23H,8-9H2,(H2,17,18,19);1H/t11-,13-,14+,15-;/m1./s1. The van der Waals surface area contributed by atoms with Crippen molar-refractivity contribution >= 4 is 18.2 Å². The largest absolute Gasteiger partial charge is 0.394 e. The maximum atomic E-state index is 10.2. The van der Waals surface area contributed by atoms with Gasteiger partial charge >= 0.3 is 0 Å². The van der Waals surface area contributed by atoms with Gasteiger partial charge in [0.05, 0.1) is 13.2 Å². The third-order valence-electron chi connectivity index (χ3n) is 3.90. The van der Waals surface area contributed by atoms with Gasteiger partial charge in [-0.05, 0) is 11.6 Å². The summed E-state index contributed by atoms with van der Waals surface area (Å²) in [6.45, 7) is -0.0136. The Labute approximate surface area is 150 Å². The Kier molecular flexibility index (Phi) is 6.51. The number of hydrogen-bond donors (Lipinski definition) is 4. The van der Waals surface area contributed by atoms with Gasteiger partial charge in [-0.3, -0.25) is 4.57 Å². The first-order chi connectivity index (χ1) is 11.6. The molecule has 3 rings (SSSR count). The number of nitrogen functional groups attached to an aromatic ring is 1. The molecule has 0 saturated carbocycles. The van der Waals surface area contributed by atoms with Gasteiger partial charge in [0.1, 0.15) is 24.1 Å². The summed E-state index contributed by atoms with van der Waals surface area (Å²) in [6, 6.07) is 11.2. The summed E-state index contributed by atoms with van der Waals surface area (Å²) in [4.78, 5) is 8.61. The molecule has 1 aromatic carbocycles. The Morgan fingerprint density at radius 3 is 2.52 bits per heavy atom. The van der Waals surface area contributed by atoms with E-state index in [0.717, 1.165) is 5.56 Å². The lowest BCUT2D eigenvalue weighted by atomic mass is 10.1. The second-order valence-electron chi connectivity index (χ2n) is 5.59. The average molecular weight is 369 g/mol. The molecule has 1 fully saturated rings. The van der Waals surface area contributed by atoms with Crippen molar-refractivity contribution in [3.05, 3.63) is 53.8 Å². The van der Waals surface area contributed by atoms with Gasteiger partial charge < -0.3 is 25.8 Å². The molecule has 4 atom stereocenters. The highest BCUT2D eigenvalue weighted by Gasteiger charge is 2.43. The number of aliphatic hydroxyl groups excluding tert-OH is 3. The highest BCUT2D eigenvalue weighted by molar-refractivity contribution is 5.85. The molecule has 8 nitrogen and oxygen atoms in total. The quantitative estimate of drug-likeness (QED) is 0.581. The normalized spacial score (nSPS) is 26.4. The summed E-state index contributed by atoms with van der Waals surface area (Å²) in [5.74, 6) is 0.282. The van der Waals surface area contributed by atoms with Crippen molar-refractivity contribution in [2.75, 3.05) is 12.3 Å². The first kappa shape index (κ1) is 19.4. The fourth-order valence-electron chi connectivity index (χ4n) is 2.60. The number of nitrogens with two attached hydrogens (primary N) is 1. The number of hydrogen-bond acceptors (Lipinski definition) is 7. The Hall–Kier alpha value is -1.97. The second kappa shape index (κ2) is 8.41. The predicted octanol–water partition coefficient (Wildman–Crippen LogP) is -0.401. The van der Waals surface area contributed by atoms with E-state index in [1.54, 1.807) is 12.3 Å². The SMILES string of the molecule is Cl.Nc1ccn([C@@H]2O[C@H](CO)[C@@H](O)[C@@H]2O)c(=NCc2ccccc2)n1. The summed E-state index contributed by atoms with van der Waals surface area (Å²) in [7, 11) is 0. The second-order valence-corrected chi connectivity index (χ2v) is 5.59. The summed E-state index contributed by atoms with van der Waals surface area (Å²) in [5.41, 5.74) is 7.00. The molecule has 0 radical (unpaired) electrons. The van der Waals surface area contributed by atoms with E-state index >= 15 is 0 Å². The number of rotatable bonds is 4. The molecule has 136 valence electrons. The third-order valence-corrected chi connectivity index (χ3v) is 3.90. The van der Waals surface area contributed by atoms with E-state index in [1.807, 2.05) is 30.3 Å². The van der Waals surface area contributed by atoms with Gasteiger partial charge in [-0.25, -0.2) is 4.99 Å².